The zero-order chi connectivity index (χ0) is 27.9. The maximum Gasteiger partial charge on any atom is 0.698 e. The molecule has 2 amide bonds. The van der Waals surface area contributed by atoms with Crippen LogP contribution < -0.4 is 10.1 Å². The van der Waals surface area contributed by atoms with Gasteiger partial charge in [0.15, 0.2) is 5.78 Å². The molecule has 12 heteroatoms. The molecular weight excluding hydrogens is 528 g/mol. The van der Waals surface area contributed by atoms with Crippen molar-refractivity contribution >= 4 is 36.8 Å². The lowest BCUT2D eigenvalue weighted by Crippen LogP contribution is -2.47. The van der Waals surface area contributed by atoms with E-state index in [4.69, 9.17) is 9.63 Å². The van der Waals surface area contributed by atoms with Gasteiger partial charge in [-0.15, -0.1) is 4.89 Å². The van der Waals surface area contributed by atoms with E-state index in [1.165, 1.54) is 18.0 Å². The molecule has 0 radical (unpaired) electrons. The first-order valence-corrected chi connectivity index (χ1v) is 13.7. The molecule has 2 heterocycles. The molecule has 1 fully saturated rings. The Morgan fingerprint density at radius 2 is 1.95 bits per heavy atom. The highest BCUT2D eigenvalue weighted by Crippen LogP contribution is 2.28. The van der Waals surface area contributed by atoms with Crippen molar-refractivity contribution in [3.63, 3.8) is 0 Å². The van der Waals surface area contributed by atoms with Gasteiger partial charge >= 0.3 is 8.25 Å². The molecule has 3 atom stereocenters. The van der Waals surface area contributed by atoms with Crippen LogP contribution in [0.25, 0.3) is 10.9 Å². The summed E-state index contributed by atoms with van der Waals surface area (Å²) in [6, 6.07) is 13.7. The third-order valence-corrected chi connectivity index (χ3v) is 6.91. The fraction of sp³-hybridized carbons (Fsp3) is 0.370. The highest BCUT2D eigenvalue weighted by Gasteiger charge is 2.39. The van der Waals surface area contributed by atoms with Crippen LogP contribution in [0.5, 0.6) is 5.75 Å². The number of ketones is 1. The highest BCUT2D eigenvalue weighted by molar-refractivity contribution is 7.32. The van der Waals surface area contributed by atoms with Gasteiger partial charge in [0.1, 0.15) is 24.5 Å². The van der Waals surface area contributed by atoms with E-state index in [0.29, 0.717) is 28.8 Å². The molecule has 0 spiro atoms. The smallest absolute Gasteiger partial charge is 0.463 e. The number of Topliss-reactive ketones (excluding diaryl/α,β-unsaturated/α-hetero) is 1. The number of hydrogen-bond donors (Lipinski definition) is 2. The van der Waals surface area contributed by atoms with E-state index in [1.54, 1.807) is 22.8 Å². The zero-order valence-electron chi connectivity index (χ0n) is 21.4. The number of alkyl halides is 1. The maximum atomic E-state index is 14.4. The van der Waals surface area contributed by atoms with Crippen LogP contribution in [0, 0.1) is 0 Å². The zero-order valence-corrected chi connectivity index (χ0v) is 22.3. The number of aromatic nitrogens is 1. The van der Waals surface area contributed by atoms with Gasteiger partial charge in [0.2, 0.25) is 18.6 Å². The van der Waals surface area contributed by atoms with Crippen LogP contribution in [-0.4, -0.2) is 64.1 Å². The fourth-order valence-corrected chi connectivity index (χ4v) is 4.87. The van der Waals surface area contributed by atoms with E-state index in [-0.39, 0.29) is 31.2 Å². The molecule has 1 aliphatic rings. The Kier molecular flexibility index (Phi) is 9.40. The summed E-state index contributed by atoms with van der Waals surface area (Å²) in [6.45, 7) is 0.978. The Bertz CT molecular complexity index is 1360. The molecule has 2 aromatic carbocycles. The van der Waals surface area contributed by atoms with Crippen molar-refractivity contribution in [1.82, 2.24) is 14.8 Å². The fourth-order valence-electron chi connectivity index (χ4n) is 4.73. The van der Waals surface area contributed by atoms with Crippen LogP contribution in [0.3, 0.4) is 0 Å². The maximum absolute atomic E-state index is 14.4. The number of ether oxygens (including phenoxy) is 1. The summed E-state index contributed by atoms with van der Waals surface area (Å²) >= 11 is 0. The predicted octanol–water partition coefficient (Wildman–Crippen LogP) is 3.53. The molecule has 0 saturated carbocycles. The number of nitrogens with one attached hydrogen (secondary N) is 1. The molecule has 4 rings (SSSR count). The molecule has 0 aliphatic carbocycles. The number of carbonyl (C=O) groups excluding carboxylic acids is 3. The van der Waals surface area contributed by atoms with E-state index in [1.807, 2.05) is 30.3 Å². The average molecular weight is 559 g/mol. The molecule has 0 bridgehead atoms. The van der Waals surface area contributed by atoms with Crippen molar-refractivity contribution in [3.8, 4) is 5.75 Å². The lowest BCUT2D eigenvalue weighted by molar-refractivity contribution is -0.138. The largest absolute Gasteiger partial charge is 0.698 e. The lowest BCUT2D eigenvalue weighted by atomic mass is 10.1. The van der Waals surface area contributed by atoms with Gasteiger partial charge in [-0.05, 0) is 43.5 Å². The molecule has 2 N–H and O–H groups in total. The summed E-state index contributed by atoms with van der Waals surface area (Å²) in [7, 11) is -2.82. The molecule has 1 unspecified atom stereocenters. The van der Waals surface area contributed by atoms with Gasteiger partial charge in [0.25, 0.3) is 0 Å². The van der Waals surface area contributed by atoms with Crippen molar-refractivity contribution in [3.05, 3.63) is 65.9 Å². The van der Waals surface area contributed by atoms with Gasteiger partial charge in [-0.2, -0.15) is 0 Å². The Morgan fingerprint density at radius 3 is 2.67 bits per heavy atom. The predicted molar refractivity (Wildman–Crippen MR) is 141 cm³/mol. The van der Waals surface area contributed by atoms with Gasteiger partial charge < -0.3 is 19.5 Å². The van der Waals surface area contributed by atoms with Crippen LogP contribution in [0.4, 0.5) is 4.39 Å². The summed E-state index contributed by atoms with van der Waals surface area (Å²) in [5.41, 5.74) is 2.06. The monoisotopic (exact) mass is 558 g/mol. The minimum absolute atomic E-state index is 0.0659. The quantitative estimate of drug-likeness (QED) is 0.151. The van der Waals surface area contributed by atoms with Crippen LogP contribution in [0.15, 0.2) is 54.7 Å². The van der Waals surface area contributed by atoms with Gasteiger partial charge in [0, 0.05) is 40.2 Å². The van der Waals surface area contributed by atoms with Crippen LogP contribution >= 0.6 is 8.25 Å². The van der Waals surface area contributed by atoms with E-state index < -0.39 is 33.2 Å². The Hall–Kier alpha value is -3.66. The highest BCUT2D eigenvalue weighted by atomic mass is 31.1. The summed E-state index contributed by atoms with van der Waals surface area (Å²) < 4.78 is 36.4. The third-order valence-electron chi connectivity index (χ3n) is 6.58. The number of likely N-dealkylation sites (tertiary alicyclic amines) is 1. The standard InChI is InChI=1S/C27H29FN3O7P/c1-18(32)23-15-30(24-10-9-21(13-22(23)24)37-17-38-39(35)36)16-26(33)31-14-20(28)12-25(31)27(34)29-11-5-8-19-6-3-2-4-7-19/h2-4,6-7,9-10,13,15,20,25H,5,8,11-12,14,16-17H2,1H3,(H-,29,34,35,36)/p+1/t20-,25+/m1/s1. The van der Waals surface area contributed by atoms with Crippen molar-refractivity contribution in [2.75, 3.05) is 19.9 Å². The Morgan fingerprint density at radius 1 is 1.18 bits per heavy atom. The number of carbonyl (C=O) groups is 3. The molecule has 10 nitrogen and oxygen atoms in total. The lowest BCUT2D eigenvalue weighted by Gasteiger charge is -2.24. The molecule has 39 heavy (non-hydrogen) atoms. The second-order valence-electron chi connectivity index (χ2n) is 9.31. The van der Waals surface area contributed by atoms with Crippen molar-refractivity contribution in [1.29, 1.82) is 0 Å². The van der Waals surface area contributed by atoms with E-state index in [9.17, 15) is 23.3 Å². The minimum atomic E-state index is -2.82. The van der Waals surface area contributed by atoms with Crippen LogP contribution in [-0.2, 0) is 31.6 Å². The van der Waals surface area contributed by atoms with Gasteiger partial charge in [-0.25, -0.2) is 4.39 Å². The second kappa shape index (κ2) is 12.9. The molecule has 1 aromatic heterocycles. The average Bonchev–Trinajstić information content (AvgIpc) is 3.47. The first kappa shape index (κ1) is 28.4. The number of aryl methyl sites for hydroxylation is 1. The molecule has 206 valence electrons. The number of rotatable bonds is 12. The minimum Gasteiger partial charge on any atom is -0.463 e. The summed E-state index contributed by atoms with van der Waals surface area (Å²) in [5, 5.41) is 3.35. The number of amides is 2. The number of hydrogen-bond acceptors (Lipinski definition) is 6. The van der Waals surface area contributed by atoms with E-state index >= 15 is 0 Å². The second-order valence-corrected chi connectivity index (χ2v) is 10.0. The van der Waals surface area contributed by atoms with Crippen molar-refractivity contribution in [2.45, 2.75) is 44.9 Å². The van der Waals surface area contributed by atoms with E-state index in [0.717, 1.165) is 18.4 Å². The normalized spacial score (nSPS) is 17.3. The summed E-state index contributed by atoms with van der Waals surface area (Å²) in [5.74, 6) is -0.760. The number of nitrogens with zero attached hydrogens (tertiary/aromatic N) is 2. The number of benzene rings is 2. The summed E-state index contributed by atoms with van der Waals surface area (Å²) in [4.78, 5) is 48.4. The van der Waals surface area contributed by atoms with Crippen molar-refractivity contribution < 1.29 is 37.5 Å². The Balaban J connectivity index is 1.42. The van der Waals surface area contributed by atoms with Gasteiger partial charge in [-0.1, -0.05) is 34.9 Å². The van der Waals surface area contributed by atoms with Gasteiger partial charge in [0.05, 0.1) is 6.54 Å². The van der Waals surface area contributed by atoms with Crippen molar-refractivity contribution in [2.24, 2.45) is 0 Å². The topological polar surface area (TPSA) is 127 Å². The van der Waals surface area contributed by atoms with Crippen LogP contribution in [0.2, 0.25) is 0 Å². The van der Waals surface area contributed by atoms with Gasteiger partial charge in [-0.3, -0.25) is 14.4 Å². The summed E-state index contributed by atoms with van der Waals surface area (Å²) in [6.07, 6.45) is 1.68. The molecular formula is C27H30FN3O7P+. The molecule has 1 aliphatic heterocycles. The first-order chi connectivity index (χ1) is 18.7. The molecule has 3 aromatic rings. The Labute approximate surface area is 225 Å². The van der Waals surface area contributed by atoms with Crippen LogP contribution in [0.1, 0.15) is 35.7 Å². The number of fused-ring (bicyclic) bond motifs is 1. The number of halogens is 1. The third kappa shape index (κ3) is 7.26. The SMILES string of the molecule is CC(=O)c1cn(CC(=O)N2C[C@H](F)C[C@H]2C(=O)NCCCc2ccccc2)c2ccc(OCO[P+](=O)O)cc12. The van der Waals surface area contributed by atoms with E-state index in [2.05, 4.69) is 9.84 Å². The molecule has 1 saturated heterocycles. The first-order valence-electron chi connectivity index (χ1n) is 12.5.